The number of carbonyl (C=O) groups excluding carboxylic acids is 1. The normalized spacial score (nSPS) is 21.5. The highest BCUT2D eigenvalue weighted by Crippen LogP contribution is 2.37. The van der Waals surface area contributed by atoms with Gasteiger partial charge in [-0.15, -0.1) is 0 Å². The van der Waals surface area contributed by atoms with E-state index < -0.39 is 49.1 Å². The molecule has 144 valence electrons. The molecule has 0 bridgehead atoms. The van der Waals surface area contributed by atoms with Crippen molar-refractivity contribution in [1.82, 2.24) is 10.2 Å². The Morgan fingerprint density at radius 3 is 2.38 bits per heavy atom. The van der Waals surface area contributed by atoms with Crippen LogP contribution in [0.15, 0.2) is 30.3 Å². The Morgan fingerprint density at radius 2 is 1.88 bits per heavy atom. The molecule has 1 aromatic carbocycles. The lowest BCUT2D eigenvalue weighted by Crippen LogP contribution is -2.41. The fourth-order valence-electron chi connectivity index (χ4n) is 3.09. The third-order valence-corrected chi connectivity index (χ3v) is 4.50. The minimum Gasteiger partial charge on any atom is -0.481 e. The molecule has 6 nitrogen and oxygen atoms in total. The quantitative estimate of drug-likeness (QED) is 0.713. The molecule has 3 N–H and O–H groups in total. The number of nitrogens with zero attached hydrogens (tertiary/aromatic N) is 1. The van der Waals surface area contributed by atoms with Crippen molar-refractivity contribution in [2.24, 2.45) is 11.8 Å². The molecule has 3 atom stereocenters. The Kier molecular flexibility index (Phi) is 6.47. The number of aliphatic hydroxyl groups excluding tert-OH is 1. The van der Waals surface area contributed by atoms with E-state index in [1.807, 2.05) is 0 Å². The van der Waals surface area contributed by atoms with Crippen LogP contribution in [-0.4, -0.2) is 53.0 Å². The Balaban J connectivity index is 2.10. The molecule has 0 aliphatic carbocycles. The zero-order valence-corrected chi connectivity index (χ0v) is 13.9. The molecule has 0 spiro atoms. The van der Waals surface area contributed by atoms with Gasteiger partial charge in [0, 0.05) is 19.7 Å². The molecule has 26 heavy (non-hydrogen) atoms. The van der Waals surface area contributed by atoms with Gasteiger partial charge in [0.2, 0.25) is 0 Å². The van der Waals surface area contributed by atoms with Crippen LogP contribution in [-0.2, 0) is 4.79 Å². The number of halogens is 3. The van der Waals surface area contributed by atoms with Gasteiger partial charge in [-0.1, -0.05) is 30.3 Å². The Hall–Kier alpha value is -2.29. The summed E-state index contributed by atoms with van der Waals surface area (Å²) in [6.07, 6.45) is -3.87. The number of hydrogen-bond donors (Lipinski definition) is 3. The smallest absolute Gasteiger partial charge is 0.394 e. The molecule has 1 aromatic rings. The molecule has 0 radical (unpaired) electrons. The Morgan fingerprint density at radius 1 is 1.23 bits per heavy atom. The predicted octanol–water partition coefficient (Wildman–Crippen LogP) is 2.40. The molecular weight excluding hydrogens is 353 g/mol. The van der Waals surface area contributed by atoms with Crippen LogP contribution >= 0.6 is 0 Å². The summed E-state index contributed by atoms with van der Waals surface area (Å²) in [6.45, 7) is -1.26. The summed E-state index contributed by atoms with van der Waals surface area (Å²) in [5.74, 6) is -5.32. The van der Waals surface area contributed by atoms with Crippen LogP contribution in [0.25, 0.3) is 0 Å². The molecule has 2 amide bonds. The maximum absolute atomic E-state index is 13.1. The molecular formula is C17H21F3N2O4. The minimum absolute atomic E-state index is 0.0832. The fourth-order valence-corrected chi connectivity index (χ4v) is 3.09. The highest BCUT2D eigenvalue weighted by atomic mass is 19.4. The number of aliphatic hydroxyl groups is 1. The highest BCUT2D eigenvalue weighted by molar-refractivity contribution is 5.78. The molecule has 0 aromatic heterocycles. The first-order valence-corrected chi connectivity index (χ1v) is 8.24. The summed E-state index contributed by atoms with van der Waals surface area (Å²) in [5.41, 5.74) is 0.760. The second kappa shape index (κ2) is 8.39. The number of likely N-dealkylation sites (tertiary alicyclic amines) is 1. The third kappa shape index (κ3) is 4.87. The standard InChI is InChI=1S/C17H21F3N2O4/c18-17(19,20)13-10-22(9-12(13)15(24)25)16(26)21-14(7-4-8-23)11-5-2-1-3-6-11/h1-3,5-6,12-14,23H,4,7-10H2,(H,21,26)(H,24,25)/t12-,13-,14?/m1/s1. The number of carbonyl (C=O) groups is 2. The van der Waals surface area contributed by atoms with Crippen molar-refractivity contribution in [3.05, 3.63) is 35.9 Å². The van der Waals surface area contributed by atoms with Crippen LogP contribution in [0.5, 0.6) is 0 Å². The van der Waals surface area contributed by atoms with Gasteiger partial charge in [-0.3, -0.25) is 4.79 Å². The van der Waals surface area contributed by atoms with Gasteiger partial charge in [0.1, 0.15) is 0 Å². The number of carboxylic acids is 1. The second-order valence-electron chi connectivity index (χ2n) is 6.28. The zero-order chi connectivity index (χ0) is 19.3. The first kappa shape index (κ1) is 20.0. The molecule has 9 heteroatoms. The van der Waals surface area contributed by atoms with Crippen molar-refractivity contribution in [3.63, 3.8) is 0 Å². The molecule has 1 aliphatic rings. The predicted molar refractivity (Wildman–Crippen MR) is 86.3 cm³/mol. The largest absolute Gasteiger partial charge is 0.481 e. The van der Waals surface area contributed by atoms with Crippen LogP contribution in [0.1, 0.15) is 24.4 Å². The SMILES string of the molecule is O=C(O)[C@@H]1CN(C(=O)NC(CCCO)c2ccccc2)C[C@H]1C(F)(F)F. The van der Waals surface area contributed by atoms with E-state index in [0.717, 1.165) is 10.5 Å². The van der Waals surface area contributed by atoms with Crippen LogP contribution in [0.3, 0.4) is 0 Å². The fraction of sp³-hybridized carbons (Fsp3) is 0.529. The van der Waals surface area contributed by atoms with Crippen LogP contribution in [0, 0.1) is 11.8 Å². The van der Waals surface area contributed by atoms with Gasteiger partial charge in [0.15, 0.2) is 0 Å². The number of nitrogens with one attached hydrogen (secondary N) is 1. The van der Waals surface area contributed by atoms with E-state index in [4.69, 9.17) is 10.2 Å². The average Bonchev–Trinajstić information content (AvgIpc) is 3.05. The maximum Gasteiger partial charge on any atom is 0.394 e. The Bertz CT molecular complexity index is 624. The zero-order valence-electron chi connectivity index (χ0n) is 13.9. The third-order valence-electron chi connectivity index (χ3n) is 4.50. The summed E-state index contributed by atoms with van der Waals surface area (Å²) in [5, 5.41) is 20.7. The molecule has 1 unspecified atom stereocenters. The number of urea groups is 1. The first-order valence-electron chi connectivity index (χ1n) is 8.24. The number of amides is 2. The van der Waals surface area contributed by atoms with E-state index in [1.165, 1.54) is 0 Å². The molecule has 1 saturated heterocycles. The minimum atomic E-state index is -4.69. The summed E-state index contributed by atoms with van der Waals surface area (Å²) in [6, 6.07) is 7.64. The second-order valence-corrected chi connectivity index (χ2v) is 6.28. The summed E-state index contributed by atoms with van der Waals surface area (Å²) < 4.78 is 39.2. The van der Waals surface area contributed by atoms with Gasteiger partial charge in [-0.25, -0.2) is 4.79 Å². The average molecular weight is 374 g/mol. The van der Waals surface area contributed by atoms with Crippen molar-refractivity contribution in [2.75, 3.05) is 19.7 Å². The highest BCUT2D eigenvalue weighted by Gasteiger charge is 2.53. The van der Waals surface area contributed by atoms with E-state index >= 15 is 0 Å². The number of rotatable bonds is 6. The number of benzene rings is 1. The van der Waals surface area contributed by atoms with Gasteiger partial charge in [0.25, 0.3) is 0 Å². The van der Waals surface area contributed by atoms with Gasteiger partial charge in [0.05, 0.1) is 17.9 Å². The number of hydrogen-bond acceptors (Lipinski definition) is 3. The van der Waals surface area contributed by atoms with Crippen molar-refractivity contribution >= 4 is 12.0 Å². The van der Waals surface area contributed by atoms with E-state index in [0.29, 0.717) is 12.8 Å². The molecule has 1 fully saturated rings. The van der Waals surface area contributed by atoms with Crippen molar-refractivity contribution in [1.29, 1.82) is 0 Å². The van der Waals surface area contributed by atoms with E-state index in [-0.39, 0.29) is 6.61 Å². The summed E-state index contributed by atoms with van der Waals surface area (Å²) in [7, 11) is 0. The summed E-state index contributed by atoms with van der Waals surface area (Å²) in [4.78, 5) is 24.4. The molecule has 0 saturated carbocycles. The molecule has 1 aliphatic heterocycles. The van der Waals surface area contributed by atoms with Crippen molar-refractivity contribution in [2.45, 2.75) is 25.1 Å². The number of carboxylic acid groups (broad SMARTS) is 1. The first-order chi connectivity index (χ1) is 12.2. The number of alkyl halides is 3. The Labute approximate surface area is 148 Å². The summed E-state index contributed by atoms with van der Waals surface area (Å²) >= 11 is 0. The lowest BCUT2D eigenvalue weighted by molar-refractivity contribution is -0.187. The molecule has 1 heterocycles. The maximum atomic E-state index is 13.1. The van der Waals surface area contributed by atoms with Crippen LogP contribution < -0.4 is 5.32 Å². The van der Waals surface area contributed by atoms with Crippen LogP contribution in [0.4, 0.5) is 18.0 Å². The van der Waals surface area contributed by atoms with Gasteiger partial charge in [-0.2, -0.15) is 13.2 Å². The molecule has 2 rings (SSSR count). The topological polar surface area (TPSA) is 89.9 Å². The number of aliphatic carboxylic acids is 1. The van der Waals surface area contributed by atoms with E-state index in [9.17, 15) is 22.8 Å². The monoisotopic (exact) mass is 374 g/mol. The van der Waals surface area contributed by atoms with E-state index in [1.54, 1.807) is 30.3 Å². The van der Waals surface area contributed by atoms with Gasteiger partial charge in [-0.05, 0) is 18.4 Å². The lowest BCUT2D eigenvalue weighted by atomic mass is 9.96. The van der Waals surface area contributed by atoms with Crippen molar-refractivity contribution < 1.29 is 33.0 Å². The lowest BCUT2D eigenvalue weighted by Gasteiger charge is -2.24. The van der Waals surface area contributed by atoms with Gasteiger partial charge < -0.3 is 20.4 Å². The van der Waals surface area contributed by atoms with Crippen molar-refractivity contribution in [3.8, 4) is 0 Å². The van der Waals surface area contributed by atoms with Gasteiger partial charge >= 0.3 is 18.2 Å². The van der Waals surface area contributed by atoms with E-state index in [2.05, 4.69) is 5.32 Å². The van der Waals surface area contributed by atoms with Crippen LogP contribution in [0.2, 0.25) is 0 Å².